The third-order valence-corrected chi connectivity index (χ3v) is 10.4. The van der Waals surface area contributed by atoms with Gasteiger partial charge in [-0.15, -0.1) is 10.3 Å². The quantitative estimate of drug-likeness (QED) is 0.0342. The molecule has 0 aromatic heterocycles. The van der Waals surface area contributed by atoms with Crippen LogP contribution in [0, 0.1) is 28.1 Å². The maximum Gasteiger partial charge on any atom is 0.475 e. The van der Waals surface area contributed by atoms with Gasteiger partial charge in [-0.3, -0.25) is 20.4 Å². The summed E-state index contributed by atoms with van der Waals surface area (Å²) in [5, 5.41) is 9.25. The fourth-order valence-corrected chi connectivity index (χ4v) is 7.86. The molecular formula is C29H53BN7O5+. The first-order chi connectivity index (χ1) is 19.9. The molecule has 2 saturated heterocycles. The summed E-state index contributed by atoms with van der Waals surface area (Å²) in [4.78, 5) is 41.4. The average molecular weight is 591 g/mol. The number of piperidine rings is 1. The molecule has 12 nitrogen and oxygen atoms in total. The van der Waals surface area contributed by atoms with E-state index in [1.807, 2.05) is 0 Å². The van der Waals surface area contributed by atoms with E-state index in [1.54, 1.807) is 0 Å². The highest BCUT2D eigenvalue weighted by Gasteiger charge is 2.68. The maximum atomic E-state index is 13.2. The second-order valence-corrected chi connectivity index (χ2v) is 14.3. The van der Waals surface area contributed by atoms with E-state index in [4.69, 9.17) is 15.0 Å². The predicted octanol–water partition coefficient (Wildman–Crippen LogP) is 0.245. The van der Waals surface area contributed by atoms with Gasteiger partial charge in [0, 0.05) is 12.5 Å². The van der Waals surface area contributed by atoms with Gasteiger partial charge in [0.05, 0.1) is 24.8 Å². The van der Waals surface area contributed by atoms with E-state index in [0.717, 1.165) is 45.1 Å². The van der Waals surface area contributed by atoms with Crippen LogP contribution in [0.4, 0.5) is 0 Å². The Morgan fingerprint density at radius 1 is 1.24 bits per heavy atom. The van der Waals surface area contributed by atoms with Crippen LogP contribution < -0.4 is 26.8 Å². The lowest BCUT2D eigenvalue weighted by Crippen LogP contribution is -2.78. The summed E-state index contributed by atoms with van der Waals surface area (Å²) in [5.41, 5.74) is 6.60. The van der Waals surface area contributed by atoms with Gasteiger partial charge in [-0.1, -0.05) is 34.1 Å². The van der Waals surface area contributed by atoms with Gasteiger partial charge in [-0.05, 0) is 88.1 Å². The molecule has 3 aliphatic carbocycles. The number of nitrogens with two attached hydrogens (primary N) is 1. The summed E-state index contributed by atoms with van der Waals surface area (Å²) in [6.07, 6.45) is 8.17. The minimum Gasteiger partial charge on any atom is -0.404 e. The Kier molecular flexibility index (Phi) is 10.7. The predicted molar refractivity (Wildman–Crippen MR) is 162 cm³/mol. The number of carbonyl (C=O) groups excluding carboxylic acids is 2. The van der Waals surface area contributed by atoms with Crippen LogP contribution in [0.25, 0.3) is 0 Å². The largest absolute Gasteiger partial charge is 0.475 e. The molecule has 6 atom stereocenters. The van der Waals surface area contributed by atoms with Crippen LogP contribution in [0.1, 0.15) is 86.0 Å². The van der Waals surface area contributed by atoms with Crippen molar-refractivity contribution in [3.05, 3.63) is 4.91 Å². The standard InChI is InChI=1S/C29H52BN7O5/c1-20(2)14-24(30-41-23-16-21-15-22(27(21,3)4)28(23,5)42-30)33-18-29(19-38,10-9-11-32-26(31)35-36-40)34-25(39)17-37-12-7-6-8-13-37/h19-24,33H,6-18H2,1-5H3,(H,34,39)(H3,31,32,35,40)/p+1/t21-,22-,23+,24-,28-,29+/m0/s1. The molecule has 5 rings (SSSR count). The Morgan fingerprint density at radius 3 is 2.62 bits per heavy atom. The van der Waals surface area contributed by atoms with Gasteiger partial charge in [-0.25, -0.2) is 0 Å². The Labute approximate surface area is 251 Å². The first-order valence-corrected chi connectivity index (χ1v) is 15.9. The molecule has 5 aliphatic rings. The molecule has 2 bridgehead atoms. The molecule has 0 aromatic rings. The Morgan fingerprint density at radius 2 is 1.98 bits per heavy atom. The summed E-state index contributed by atoms with van der Waals surface area (Å²) >= 11 is 0. The van der Waals surface area contributed by atoms with Crippen LogP contribution in [0.15, 0.2) is 5.29 Å². The number of amides is 1. The van der Waals surface area contributed by atoms with Crippen molar-refractivity contribution < 1.29 is 23.9 Å². The topological polar surface area (TPSA) is 161 Å². The number of nitrogens with zero attached hydrogens (tertiary/aromatic N) is 2. The van der Waals surface area contributed by atoms with Gasteiger partial charge in [0.15, 0.2) is 0 Å². The first kappa shape index (κ1) is 32.8. The normalized spacial score (nSPS) is 31.0. The number of carbonyl (C=O) groups is 2. The first-order valence-electron chi connectivity index (χ1n) is 15.9. The van der Waals surface area contributed by atoms with E-state index in [1.165, 1.54) is 12.8 Å². The summed E-state index contributed by atoms with van der Waals surface area (Å²) in [6.45, 7) is 13.9. The molecule has 0 unspecified atom stereocenters. The van der Waals surface area contributed by atoms with E-state index in [9.17, 15) is 14.5 Å². The minimum absolute atomic E-state index is 0.0394. The van der Waals surface area contributed by atoms with Crippen molar-refractivity contribution in [3.63, 3.8) is 0 Å². The van der Waals surface area contributed by atoms with Crippen LogP contribution in [0.3, 0.4) is 0 Å². The second kappa shape index (κ2) is 13.7. The average Bonchev–Trinajstić information content (AvgIpc) is 3.30. The van der Waals surface area contributed by atoms with Crippen LogP contribution in [0.2, 0.25) is 0 Å². The van der Waals surface area contributed by atoms with Crippen LogP contribution in [0.5, 0.6) is 0 Å². The SMILES string of the molecule is CC(C)C[C@H](NC[C@@](C=O)(CCC[NH+]=C(N)NN=O)NC(=O)CN1CCCCC1)B1O[C@@H]2C[C@@H]3C[C@@H](C3(C)C)[C@]2(C)O1. The van der Waals surface area contributed by atoms with Crippen molar-refractivity contribution in [2.24, 2.45) is 34.2 Å². The van der Waals surface area contributed by atoms with Gasteiger partial charge in [0.25, 0.3) is 0 Å². The lowest BCUT2D eigenvalue weighted by molar-refractivity contribution is -0.461. The van der Waals surface area contributed by atoms with Gasteiger partial charge < -0.3 is 24.7 Å². The highest BCUT2D eigenvalue weighted by atomic mass is 16.7. The maximum absolute atomic E-state index is 13.2. The molecule has 2 aliphatic heterocycles. The number of nitrogens with one attached hydrogen (secondary N) is 4. The van der Waals surface area contributed by atoms with Crippen LogP contribution in [-0.4, -0.2) is 86.1 Å². The van der Waals surface area contributed by atoms with Crippen LogP contribution in [-0.2, 0) is 18.9 Å². The van der Waals surface area contributed by atoms with Gasteiger partial charge in [0.2, 0.25) is 5.91 Å². The molecule has 5 fully saturated rings. The van der Waals surface area contributed by atoms with Crippen molar-refractivity contribution in [1.29, 1.82) is 0 Å². The van der Waals surface area contributed by atoms with E-state index in [0.29, 0.717) is 37.1 Å². The highest BCUT2D eigenvalue weighted by molar-refractivity contribution is 6.47. The molecular weight excluding hydrogens is 537 g/mol. The van der Waals surface area contributed by atoms with Gasteiger partial charge >= 0.3 is 13.1 Å². The number of hydrogen-bond donors (Lipinski definition) is 5. The van der Waals surface area contributed by atoms with E-state index < -0.39 is 12.7 Å². The summed E-state index contributed by atoms with van der Waals surface area (Å²) in [7, 11) is -0.427. The molecule has 2 heterocycles. The zero-order chi connectivity index (χ0) is 30.5. The number of likely N-dealkylation sites (tertiary alicyclic amines) is 1. The lowest BCUT2D eigenvalue weighted by atomic mass is 9.43. The Hall–Kier alpha value is -2.09. The molecule has 6 N–H and O–H groups in total. The third kappa shape index (κ3) is 7.34. The molecule has 42 heavy (non-hydrogen) atoms. The van der Waals surface area contributed by atoms with Crippen molar-refractivity contribution in [2.45, 2.75) is 109 Å². The summed E-state index contributed by atoms with van der Waals surface area (Å²) in [5.74, 6) is 1.23. The Balaban J connectivity index is 1.45. The van der Waals surface area contributed by atoms with Crippen LogP contribution >= 0.6 is 0 Å². The number of nitroso groups, excluding NO2 is 1. The fourth-order valence-electron chi connectivity index (χ4n) is 7.86. The van der Waals surface area contributed by atoms with Gasteiger partial charge in [0.1, 0.15) is 17.1 Å². The van der Waals surface area contributed by atoms with Crippen molar-refractivity contribution in [3.8, 4) is 0 Å². The minimum atomic E-state index is -1.13. The fraction of sp³-hybridized carbons (Fsp3) is 0.897. The Bertz CT molecular complexity index is 993. The molecule has 13 heteroatoms. The number of rotatable bonds is 15. The summed E-state index contributed by atoms with van der Waals surface area (Å²) in [6, 6.07) is 0. The zero-order valence-electron chi connectivity index (χ0n) is 26.2. The zero-order valence-corrected chi connectivity index (χ0v) is 26.2. The van der Waals surface area contributed by atoms with E-state index >= 15 is 0 Å². The molecule has 1 amide bonds. The number of guanidine groups is 1. The van der Waals surface area contributed by atoms with E-state index in [2.05, 4.69) is 65.9 Å². The van der Waals surface area contributed by atoms with Crippen molar-refractivity contribution >= 4 is 25.3 Å². The summed E-state index contributed by atoms with van der Waals surface area (Å²) < 4.78 is 13.4. The van der Waals surface area contributed by atoms with E-state index in [-0.39, 0.29) is 48.0 Å². The molecule has 0 radical (unpaired) electrons. The highest BCUT2D eigenvalue weighted by Crippen LogP contribution is 2.65. The number of aldehydes is 1. The van der Waals surface area contributed by atoms with Gasteiger partial charge in [-0.2, -0.15) is 0 Å². The third-order valence-electron chi connectivity index (χ3n) is 10.4. The molecule has 0 spiro atoms. The molecule has 3 saturated carbocycles. The molecule has 0 aromatic carbocycles. The monoisotopic (exact) mass is 590 g/mol. The molecule has 236 valence electrons. The smallest absolute Gasteiger partial charge is 0.404 e. The van der Waals surface area contributed by atoms with Crippen molar-refractivity contribution in [1.82, 2.24) is 21.0 Å². The second-order valence-electron chi connectivity index (χ2n) is 14.3. The number of hydrogen-bond acceptors (Lipinski definition) is 8. The van der Waals surface area contributed by atoms with Crippen molar-refractivity contribution in [2.75, 3.05) is 32.7 Å². The lowest BCUT2D eigenvalue weighted by Gasteiger charge is -2.64.